The highest BCUT2D eigenvalue weighted by molar-refractivity contribution is 6.13. The van der Waals surface area contributed by atoms with Crippen molar-refractivity contribution in [1.29, 1.82) is 0 Å². The predicted molar refractivity (Wildman–Crippen MR) is 105 cm³/mol. The highest BCUT2D eigenvalue weighted by Crippen LogP contribution is 2.35. The van der Waals surface area contributed by atoms with E-state index in [4.69, 9.17) is 4.74 Å². The Balaban J connectivity index is 2.20. The lowest BCUT2D eigenvalue weighted by atomic mass is 9.94. The van der Waals surface area contributed by atoms with Gasteiger partial charge < -0.3 is 15.2 Å². The Labute approximate surface area is 170 Å². The van der Waals surface area contributed by atoms with Crippen LogP contribution in [0.3, 0.4) is 0 Å². The van der Waals surface area contributed by atoms with Gasteiger partial charge in [-0.15, -0.1) is 0 Å². The van der Waals surface area contributed by atoms with E-state index >= 15 is 0 Å². The van der Waals surface area contributed by atoms with Crippen molar-refractivity contribution >= 4 is 29.3 Å². The molecule has 0 saturated heterocycles. The summed E-state index contributed by atoms with van der Waals surface area (Å²) in [6.45, 7) is 1.84. The molecule has 0 fully saturated rings. The van der Waals surface area contributed by atoms with Gasteiger partial charge in [0.25, 0.3) is 5.69 Å². The number of non-ortho nitro benzene ring substituents is 1. The Hall–Kier alpha value is -4.21. The Morgan fingerprint density at radius 3 is 2.23 bits per heavy atom. The number of anilines is 1. The summed E-state index contributed by atoms with van der Waals surface area (Å²) in [6, 6.07) is 9.62. The summed E-state index contributed by atoms with van der Waals surface area (Å²) in [4.78, 5) is 48.8. The number of ether oxygens (including phenoxy) is 1. The summed E-state index contributed by atoms with van der Waals surface area (Å²) < 4.78 is 4.76. The predicted octanol–water partition coefficient (Wildman–Crippen LogP) is 2.69. The fourth-order valence-corrected chi connectivity index (χ4v) is 3.12. The second-order valence-electron chi connectivity index (χ2n) is 6.46. The summed E-state index contributed by atoms with van der Waals surface area (Å²) in [5.41, 5.74) is 0.380. The molecule has 0 saturated carbocycles. The van der Waals surface area contributed by atoms with Crippen molar-refractivity contribution in [2.75, 3.05) is 12.0 Å². The number of rotatable bonds is 5. The molecule has 3 rings (SSSR count). The smallest absolute Gasteiger partial charge is 0.355 e. The van der Waals surface area contributed by atoms with Crippen LogP contribution in [0.25, 0.3) is 0 Å². The largest absolute Gasteiger partial charge is 0.478 e. The van der Waals surface area contributed by atoms with Crippen LogP contribution in [0.2, 0.25) is 0 Å². The number of methoxy groups -OCH3 is 1. The highest BCUT2D eigenvalue weighted by Gasteiger charge is 2.42. The maximum Gasteiger partial charge on any atom is 0.355 e. The van der Waals surface area contributed by atoms with Crippen molar-refractivity contribution < 1.29 is 29.2 Å². The second-order valence-corrected chi connectivity index (χ2v) is 6.46. The van der Waals surface area contributed by atoms with Crippen LogP contribution in [-0.4, -0.2) is 35.1 Å². The molecule has 0 radical (unpaired) electrons. The molecule has 2 amide bonds. The normalized spacial score (nSPS) is 16.1. The van der Waals surface area contributed by atoms with Crippen molar-refractivity contribution in [3.8, 4) is 0 Å². The molecule has 0 aromatic heterocycles. The average Bonchev–Trinajstić information content (AvgIpc) is 2.73. The Kier molecular flexibility index (Phi) is 5.50. The van der Waals surface area contributed by atoms with E-state index in [-0.39, 0.29) is 16.9 Å². The lowest BCUT2D eigenvalue weighted by Gasteiger charge is -2.34. The molecule has 1 heterocycles. The van der Waals surface area contributed by atoms with Crippen molar-refractivity contribution in [3.05, 3.63) is 81.0 Å². The highest BCUT2D eigenvalue weighted by atomic mass is 16.6. The lowest BCUT2D eigenvalue weighted by Crippen LogP contribution is -2.50. The van der Waals surface area contributed by atoms with Gasteiger partial charge in [-0.2, -0.15) is 0 Å². The van der Waals surface area contributed by atoms with E-state index in [1.807, 2.05) is 6.92 Å². The number of aryl methyl sites for hydroxylation is 1. The minimum atomic E-state index is -1.45. The molecule has 1 aliphatic heterocycles. The van der Waals surface area contributed by atoms with Crippen LogP contribution < -0.4 is 10.2 Å². The van der Waals surface area contributed by atoms with Crippen molar-refractivity contribution in [2.45, 2.75) is 13.0 Å². The topological polar surface area (TPSA) is 139 Å². The summed E-state index contributed by atoms with van der Waals surface area (Å²) >= 11 is 0. The van der Waals surface area contributed by atoms with Gasteiger partial charge in [-0.1, -0.05) is 17.7 Å². The zero-order valence-corrected chi connectivity index (χ0v) is 16.0. The van der Waals surface area contributed by atoms with E-state index in [1.54, 1.807) is 24.3 Å². The minimum Gasteiger partial charge on any atom is -0.478 e. The molecule has 1 aliphatic rings. The van der Waals surface area contributed by atoms with Crippen molar-refractivity contribution in [3.63, 3.8) is 0 Å². The van der Waals surface area contributed by atoms with Crippen LogP contribution in [0.4, 0.5) is 16.2 Å². The molecule has 1 unspecified atom stereocenters. The third-order valence-corrected chi connectivity index (χ3v) is 4.58. The third kappa shape index (κ3) is 3.70. The van der Waals surface area contributed by atoms with Crippen LogP contribution in [0.1, 0.15) is 17.2 Å². The monoisotopic (exact) mass is 411 g/mol. The van der Waals surface area contributed by atoms with Crippen LogP contribution in [0.15, 0.2) is 59.8 Å². The fourth-order valence-electron chi connectivity index (χ4n) is 3.12. The first-order valence-electron chi connectivity index (χ1n) is 8.72. The van der Waals surface area contributed by atoms with Gasteiger partial charge in [-0.05, 0) is 36.8 Å². The SMILES string of the molecule is COC(=O)C1=C(C(=O)O)C(c2ccc([N+](=O)[O-])cc2)NC(=O)N1c1ccc(C)cc1. The maximum absolute atomic E-state index is 12.9. The number of nitro groups is 1. The quantitative estimate of drug-likeness (QED) is 0.438. The van der Waals surface area contributed by atoms with Crippen LogP contribution in [-0.2, 0) is 14.3 Å². The zero-order valence-electron chi connectivity index (χ0n) is 16.0. The average molecular weight is 411 g/mol. The van der Waals surface area contributed by atoms with E-state index in [2.05, 4.69) is 5.32 Å². The number of benzene rings is 2. The number of carbonyl (C=O) groups is 3. The minimum absolute atomic E-state index is 0.198. The van der Waals surface area contributed by atoms with E-state index < -0.39 is 40.2 Å². The van der Waals surface area contributed by atoms with Gasteiger partial charge in [0.1, 0.15) is 5.70 Å². The van der Waals surface area contributed by atoms with Crippen molar-refractivity contribution in [2.24, 2.45) is 0 Å². The number of nitrogens with zero attached hydrogens (tertiary/aromatic N) is 2. The summed E-state index contributed by atoms with van der Waals surface area (Å²) in [5.74, 6) is -2.45. The van der Waals surface area contributed by atoms with Gasteiger partial charge in [0, 0.05) is 12.1 Å². The zero-order chi connectivity index (χ0) is 22.0. The van der Waals surface area contributed by atoms with E-state index in [0.717, 1.165) is 17.6 Å². The Morgan fingerprint density at radius 1 is 1.13 bits per heavy atom. The van der Waals surface area contributed by atoms with Gasteiger partial charge in [0.2, 0.25) is 0 Å². The number of nitrogens with one attached hydrogen (secondary N) is 1. The summed E-state index contributed by atoms with van der Waals surface area (Å²) in [6.07, 6.45) is 0. The maximum atomic E-state index is 12.9. The number of hydrogen-bond donors (Lipinski definition) is 2. The van der Waals surface area contributed by atoms with E-state index in [9.17, 15) is 29.6 Å². The molecule has 154 valence electrons. The Bertz CT molecular complexity index is 1060. The number of esters is 1. The van der Waals surface area contributed by atoms with E-state index in [0.29, 0.717) is 0 Å². The number of carboxylic acid groups (broad SMARTS) is 1. The lowest BCUT2D eigenvalue weighted by molar-refractivity contribution is -0.384. The molecule has 0 aliphatic carbocycles. The Morgan fingerprint density at radius 2 is 1.73 bits per heavy atom. The standard InChI is InChI=1S/C20H17N3O7/c1-11-3-7-13(8-4-11)22-17(19(26)30-2)15(18(24)25)16(21-20(22)27)12-5-9-14(10-6-12)23(28)29/h3-10,16H,1-2H3,(H,21,27)(H,24,25). The van der Waals surface area contributed by atoms with E-state index in [1.165, 1.54) is 24.3 Å². The molecule has 10 heteroatoms. The van der Waals surface area contributed by atoms with Gasteiger partial charge in [-0.3, -0.25) is 15.0 Å². The fraction of sp³-hybridized carbons (Fsp3) is 0.150. The van der Waals surface area contributed by atoms with Crippen molar-refractivity contribution in [1.82, 2.24) is 5.32 Å². The number of carboxylic acids is 1. The molecular formula is C20H17N3O7. The number of carbonyl (C=O) groups excluding carboxylic acids is 2. The number of nitro benzene ring substituents is 1. The van der Waals surface area contributed by atoms with Gasteiger partial charge in [-0.25, -0.2) is 14.4 Å². The van der Waals surface area contributed by atoms with Gasteiger partial charge in [0.15, 0.2) is 0 Å². The van der Waals surface area contributed by atoms with Crippen LogP contribution in [0.5, 0.6) is 0 Å². The van der Waals surface area contributed by atoms with Gasteiger partial charge >= 0.3 is 18.0 Å². The third-order valence-electron chi connectivity index (χ3n) is 4.58. The van der Waals surface area contributed by atoms with Crippen LogP contribution >= 0.6 is 0 Å². The first-order valence-corrected chi connectivity index (χ1v) is 8.72. The molecule has 0 bridgehead atoms. The molecule has 2 aromatic rings. The number of hydrogen-bond acceptors (Lipinski definition) is 6. The van der Waals surface area contributed by atoms with Gasteiger partial charge in [0.05, 0.1) is 29.3 Å². The number of urea groups is 1. The molecule has 30 heavy (non-hydrogen) atoms. The van der Waals surface area contributed by atoms with Crippen LogP contribution in [0, 0.1) is 17.0 Å². The summed E-state index contributed by atoms with van der Waals surface area (Å²) in [7, 11) is 1.08. The molecule has 2 N–H and O–H groups in total. The molecular weight excluding hydrogens is 394 g/mol. The molecule has 10 nitrogen and oxygen atoms in total. The number of aliphatic carboxylic acids is 1. The number of amides is 2. The summed E-state index contributed by atoms with van der Waals surface area (Å²) in [5, 5.41) is 23.3. The molecule has 2 aromatic carbocycles. The molecule has 1 atom stereocenters. The first-order chi connectivity index (χ1) is 14.2. The first kappa shape index (κ1) is 20.5. The second kappa shape index (κ2) is 8.03. The molecule has 0 spiro atoms.